The molecule has 2 rings (SSSR count). The highest BCUT2D eigenvalue weighted by molar-refractivity contribution is 7.08. The van der Waals surface area contributed by atoms with E-state index >= 15 is 0 Å². The second-order valence-electron chi connectivity index (χ2n) is 6.47. The molecular formula is C17H24OS. The van der Waals surface area contributed by atoms with Crippen LogP contribution >= 0.6 is 11.3 Å². The minimum Gasteiger partial charge on any atom is -0.381 e. The third-order valence-corrected chi connectivity index (χ3v) is 4.99. The Hall–Kier alpha value is -0.860. The maximum atomic E-state index is 10.6. The molecule has 0 saturated heterocycles. The van der Waals surface area contributed by atoms with Crippen molar-refractivity contribution in [1.82, 2.24) is 0 Å². The third kappa shape index (κ3) is 3.18. The molecule has 2 heteroatoms. The Balaban J connectivity index is 2.22. The zero-order valence-electron chi connectivity index (χ0n) is 12.3. The lowest BCUT2D eigenvalue weighted by Gasteiger charge is -2.37. The summed E-state index contributed by atoms with van der Waals surface area (Å²) in [7, 11) is 0. The van der Waals surface area contributed by atoms with Gasteiger partial charge in [0.15, 0.2) is 0 Å². The van der Waals surface area contributed by atoms with Gasteiger partial charge >= 0.3 is 0 Å². The summed E-state index contributed by atoms with van der Waals surface area (Å²) in [6.07, 6.45) is 8.87. The number of aliphatic hydroxyl groups is 1. The molecule has 104 valence electrons. The van der Waals surface area contributed by atoms with Crippen molar-refractivity contribution in [2.75, 3.05) is 0 Å². The molecule has 1 aromatic heterocycles. The van der Waals surface area contributed by atoms with E-state index in [-0.39, 0.29) is 5.41 Å². The zero-order chi connectivity index (χ0) is 14.1. The molecule has 0 bridgehead atoms. The molecule has 2 atom stereocenters. The third-order valence-electron chi connectivity index (χ3n) is 4.31. The summed E-state index contributed by atoms with van der Waals surface area (Å²) in [6, 6.07) is 1.99. The molecule has 1 heterocycles. The van der Waals surface area contributed by atoms with Gasteiger partial charge in [-0.1, -0.05) is 37.6 Å². The van der Waals surface area contributed by atoms with Crippen LogP contribution in [0.5, 0.6) is 0 Å². The first-order valence-corrected chi connectivity index (χ1v) is 7.88. The van der Waals surface area contributed by atoms with Crippen LogP contribution in [0.4, 0.5) is 0 Å². The molecule has 0 radical (unpaired) electrons. The van der Waals surface area contributed by atoms with Gasteiger partial charge in [-0.05, 0) is 54.5 Å². The SMILES string of the molecule is CC1=CCCC(C)(C)C1/C=C/C(C)(O)c1ccsc1. The Labute approximate surface area is 120 Å². The molecule has 0 aliphatic heterocycles. The fraction of sp³-hybridized carbons (Fsp3) is 0.529. The minimum absolute atomic E-state index is 0.278. The Bertz CT molecular complexity index is 477. The second kappa shape index (κ2) is 5.26. The standard InChI is InChI=1S/C17H24OS/c1-13-6-5-9-16(2,3)15(13)7-10-17(4,18)14-8-11-19-12-14/h6-8,10-12,15,18H,5,9H2,1-4H3/b10-7+. The van der Waals surface area contributed by atoms with Crippen LogP contribution in [-0.4, -0.2) is 5.11 Å². The van der Waals surface area contributed by atoms with Crippen LogP contribution in [0.15, 0.2) is 40.6 Å². The van der Waals surface area contributed by atoms with E-state index in [4.69, 9.17) is 0 Å². The van der Waals surface area contributed by atoms with Crippen LogP contribution < -0.4 is 0 Å². The molecule has 19 heavy (non-hydrogen) atoms. The highest BCUT2D eigenvalue weighted by Crippen LogP contribution is 2.42. The topological polar surface area (TPSA) is 20.2 Å². The van der Waals surface area contributed by atoms with Gasteiger partial charge in [-0.2, -0.15) is 11.3 Å². The van der Waals surface area contributed by atoms with E-state index in [0.29, 0.717) is 5.92 Å². The number of hydrogen-bond acceptors (Lipinski definition) is 2. The molecule has 1 N–H and O–H groups in total. The van der Waals surface area contributed by atoms with Crippen molar-refractivity contribution < 1.29 is 5.11 Å². The highest BCUT2D eigenvalue weighted by atomic mass is 32.1. The van der Waals surface area contributed by atoms with Crippen LogP contribution in [0.1, 0.15) is 46.1 Å². The quantitative estimate of drug-likeness (QED) is 0.779. The molecule has 1 aromatic rings. The van der Waals surface area contributed by atoms with Gasteiger partial charge in [-0.3, -0.25) is 0 Å². The summed E-state index contributed by atoms with van der Waals surface area (Å²) in [4.78, 5) is 0. The first kappa shape index (κ1) is 14.5. The van der Waals surface area contributed by atoms with Crippen LogP contribution in [0, 0.1) is 11.3 Å². The molecule has 1 aliphatic carbocycles. The van der Waals surface area contributed by atoms with Gasteiger partial charge in [-0.25, -0.2) is 0 Å². The predicted molar refractivity (Wildman–Crippen MR) is 83.3 cm³/mol. The molecule has 1 aliphatic rings. The summed E-state index contributed by atoms with van der Waals surface area (Å²) in [5.74, 6) is 0.423. The molecule has 2 unspecified atom stereocenters. The van der Waals surface area contributed by atoms with E-state index < -0.39 is 5.60 Å². The average molecular weight is 276 g/mol. The average Bonchev–Trinajstić information content (AvgIpc) is 2.81. The first-order valence-electron chi connectivity index (χ1n) is 6.94. The lowest BCUT2D eigenvalue weighted by atomic mass is 9.68. The van der Waals surface area contributed by atoms with Gasteiger partial charge in [0.1, 0.15) is 5.60 Å². The normalized spacial score (nSPS) is 26.2. The predicted octanol–water partition coefficient (Wildman–Crippen LogP) is 4.89. The van der Waals surface area contributed by atoms with E-state index in [1.165, 1.54) is 18.4 Å². The maximum absolute atomic E-state index is 10.6. The zero-order valence-corrected chi connectivity index (χ0v) is 13.1. The van der Waals surface area contributed by atoms with Crippen molar-refractivity contribution >= 4 is 11.3 Å². The number of hydrogen-bond donors (Lipinski definition) is 1. The van der Waals surface area contributed by atoms with Crippen molar-refractivity contribution in [2.45, 2.75) is 46.1 Å². The van der Waals surface area contributed by atoms with E-state index in [1.807, 2.05) is 29.8 Å². The molecule has 0 amide bonds. The first-order chi connectivity index (χ1) is 8.83. The summed E-state index contributed by atoms with van der Waals surface area (Å²) < 4.78 is 0. The van der Waals surface area contributed by atoms with Gasteiger partial charge in [0.2, 0.25) is 0 Å². The van der Waals surface area contributed by atoms with Crippen LogP contribution in [0.25, 0.3) is 0 Å². The largest absolute Gasteiger partial charge is 0.381 e. The number of rotatable bonds is 3. The summed E-state index contributed by atoms with van der Waals surface area (Å²) in [6.45, 7) is 8.70. The monoisotopic (exact) mass is 276 g/mol. The van der Waals surface area contributed by atoms with E-state index in [2.05, 4.69) is 32.9 Å². The van der Waals surface area contributed by atoms with Gasteiger partial charge in [0.05, 0.1) is 0 Å². The van der Waals surface area contributed by atoms with Crippen LogP contribution in [0.2, 0.25) is 0 Å². The summed E-state index contributed by atoms with van der Waals surface area (Å²) >= 11 is 1.62. The van der Waals surface area contributed by atoms with Gasteiger partial charge < -0.3 is 5.11 Å². The fourth-order valence-corrected chi connectivity index (χ4v) is 3.68. The smallest absolute Gasteiger partial charge is 0.106 e. The van der Waals surface area contributed by atoms with Crippen molar-refractivity contribution in [2.24, 2.45) is 11.3 Å². The highest BCUT2D eigenvalue weighted by Gasteiger charge is 2.31. The molecule has 0 saturated carbocycles. The fourth-order valence-electron chi connectivity index (χ4n) is 2.92. The maximum Gasteiger partial charge on any atom is 0.106 e. The van der Waals surface area contributed by atoms with Crippen molar-refractivity contribution in [1.29, 1.82) is 0 Å². The van der Waals surface area contributed by atoms with Crippen molar-refractivity contribution in [3.05, 3.63) is 46.2 Å². The Morgan fingerprint density at radius 1 is 1.47 bits per heavy atom. The number of allylic oxidation sites excluding steroid dienone is 3. The van der Waals surface area contributed by atoms with Gasteiger partial charge in [0, 0.05) is 5.92 Å². The molecule has 0 spiro atoms. The van der Waals surface area contributed by atoms with E-state index in [9.17, 15) is 5.11 Å². The van der Waals surface area contributed by atoms with Gasteiger partial charge in [0.25, 0.3) is 0 Å². The summed E-state index contributed by atoms with van der Waals surface area (Å²) in [5, 5.41) is 14.6. The molecule has 1 nitrogen and oxygen atoms in total. The number of thiophene rings is 1. The Morgan fingerprint density at radius 2 is 2.21 bits per heavy atom. The minimum atomic E-state index is -0.867. The second-order valence-corrected chi connectivity index (χ2v) is 7.25. The molecule has 0 fully saturated rings. The van der Waals surface area contributed by atoms with E-state index in [0.717, 1.165) is 5.56 Å². The lowest BCUT2D eigenvalue weighted by Crippen LogP contribution is -2.27. The molecular weight excluding hydrogens is 252 g/mol. The Kier molecular flexibility index (Phi) is 4.03. The van der Waals surface area contributed by atoms with Crippen LogP contribution in [0.3, 0.4) is 0 Å². The lowest BCUT2D eigenvalue weighted by molar-refractivity contribution is 0.110. The van der Waals surface area contributed by atoms with Crippen molar-refractivity contribution in [3.8, 4) is 0 Å². The van der Waals surface area contributed by atoms with Gasteiger partial charge in [-0.15, -0.1) is 0 Å². The van der Waals surface area contributed by atoms with Crippen LogP contribution in [-0.2, 0) is 5.60 Å². The summed E-state index contributed by atoms with van der Waals surface area (Å²) in [5.41, 5.74) is 1.81. The molecule has 0 aromatic carbocycles. The van der Waals surface area contributed by atoms with Crippen molar-refractivity contribution in [3.63, 3.8) is 0 Å². The van der Waals surface area contributed by atoms with E-state index in [1.54, 1.807) is 11.3 Å². The Morgan fingerprint density at radius 3 is 2.79 bits per heavy atom.